The van der Waals surface area contributed by atoms with Crippen molar-refractivity contribution in [2.45, 2.75) is 33.7 Å². The van der Waals surface area contributed by atoms with Crippen molar-refractivity contribution >= 4 is 39.8 Å². The Hall–Kier alpha value is -1.10. The Labute approximate surface area is 185 Å². The van der Waals surface area contributed by atoms with Crippen molar-refractivity contribution < 1.29 is 17.5 Å². The van der Waals surface area contributed by atoms with Crippen molar-refractivity contribution in [1.82, 2.24) is 10.2 Å². The fourth-order valence-electron chi connectivity index (χ4n) is 2.46. The van der Waals surface area contributed by atoms with Crippen LogP contribution in [0.4, 0.5) is 4.39 Å². The summed E-state index contributed by atoms with van der Waals surface area (Å²) >= 11 is 0. The minimum atomic E-state index is -2.99. The van der Waals surface area contributed by atoms with E-state index in [1.807, 2.05) is 38.8 Å². The van der Waals surface area contributed by atoms with Gasteiger partial charge in [-0.2, -0.15) is 0 Å². The number of benzene rings is 1. The number of halogens is 2. The van der Waals surface area contributed by atoms with E-state index < -0.39 is 15.7 Å². The first-order chi connectivity index (χ1) is 12.5. The third kappa shape index (κ3) is 9.90. The first kappa shape index (κ1) is 26.9. The summed E-state index contributed by atoms with van der Waals surface area (Å²) in [6.07, 6.45) is 1.79. The van der Waals surface area contributed by atoms with Crippen molar-refractivity contribution in [1.29, 1.82) is 0 Å². The van der Waals surface area contributed by atoms with Crippen LogP contribution < -0.4 is 10.1 Å². The second-order valence-electron chi connectivity index (χ2n) is 7.54. The van der Waals surface area contributed by atoms with Gasteiger partial charge in [-0.15, -0.1) is 24.0 Å². The van der Waals surface area contributed by atoms with Gasteiger partial charge in [-0.05, 0) is 36.5 Å². The van der Waals surface area contributed by atoms with Crippen molar-refractivity contribution in [3.8, 4) is 5.75 Å². The molecule has 1 rings (SSSR count). The number of aliphatic imine (C=N–C) groups is 1. The molecule has 9 heteroatoms. The molecule has 0 aromatic heterocycles. The standard InChI is InChI=1S/C19H32FN3O3S.HI/c1-7-21-18(22-14-19(2,3)10-11-27(6,24)25)23(4)13-15-8-9-17(26-5)16(20)12-15;/h8-9,12H,7,10-11,13-14H2,1-6H3,(H,21,22);1H. The second-order valence-corrected chi connectivity index (χ2v) is 9.80. The van der Waals surface area contributed by atoms with Gasteiger partial charge in [-0.1, -0.05) is 19.9 Å². The van der Waals surface area contributed by atoms with Crippen LogP contribution in [0, 0.1) is 11.2 Å². The maximum Gasteiger partial charge on any atom is 0.193 e. The molecule has 1 aromatic rings. The van der Waals surface area contributed by atoms with Gasteiger partial charge >= 0.3 is 0 Å². The Bertz CT molecular complexity index is 755. The van der Waals surface area contributed by atoms with Crippen molar-refractivity contribution in [3.05, 3.63) is 29.6 Å². The zero-order chi connectivity index (χ0) is 20.7. The average Bonchev–Trinajstić information content (AvgIpc) is 2.56. The van der Waals surface area contributed by atoms with Crippen LogP contribution in [-0.2, 0) is 16.4 Å². The first-order valence-corrected chi connectivity index (χ1v) is 11.0. The molecule has 0 unspecified atom stereocenters. The molecule has 0 aliphatic heterocycles. The lowest BCUT2D eigenvalue weighted by Gasteiger charge is -2.26. The predicted octanol–water partition coefficient (Wildman–Crippen LogP) is 3.31. The lowest BCUT2D eigenvalue weighted by Crippen LogP contribution is -2.39. The average molecular weight is 529 g/mol. The van der Waals surface area contributed by atoms with Crippen LogP contribution in [0.5, 0.6) is 5.75 Å². The highest BCUT2D eigenvalue weighted by Gasteiger charge is 2.20. The topological polar surface area (TPSA) is 71.0 Å². The highest BCUT2D eigenvalue weighted by atomic mass is 127. The maximum absolute atomic E-state index is 13.9. The molecule has 0 spiro atoms. The van der Waals surface area contributed by atoms with E-state index in [1.54, 1.807) is 6.07 Å². The van der Waals surface area contributed by atoms with Crippen LogP contribution in [0.3, 0.4) is 0 Å². The van der Waals surface area contributed by atoms with E-state index >= 15 is 0 Å². The lowest BCUT2D eigenvalue weighted by atomic mass is 9.90. The fourth-order valence-corrected chi connectivity index (χ4v) is 3.38. The summed E-state index contributed by atoms with van der Waals surface area (Å²) in [5.74, 6) is 0.663. The minimum absolute atomic E-state index is 0. The van der Waals surface area contributed by atoms with Crippen LogP contribution in [0.15, 0.2) is 23.2 Å². The summed E-state index contributed by atoms with van der Waals surface area (Å²) in [6.45, 7) is 7.66. The molecular formula is C19H33FIN3O3S. The van der Waals surface area contributed by atoms with Gasteiger partial charge in [0.15, 0.2) is 17.5 Å². The number of guanidine groups is 1. The molecule has 0 saturated carbocycles. The number of nitrogens with one attached hydrogen (secondary N) is 1. The number of hydrogen-bond acceptors (Lipinski definition) is 4. The van der Waals surface area contributed by atoms with Gasteiger partial charge in [0, 0.05) is 32.9 Å². The van der Waals surface area contributed by atoms with Gasteiger partial charge in [0.1, 0.15) is 9.84 Å². The summed E-state index contributed by atoms with van der Waals surface area (Å²) < 4.78 is 41.7. The molecule has 1 aromatic carbocycles. The third-order valence-corrected chi connectivity index (χ3v) is 5.08. The van der Waals surface area contributed by atoms with Gasteiger partial charge in [0.2, 0.25) is 0 Å². The van der Waals surface area contributed by atoms with Crippen LogP contribution in [0.1, 0.15) is 32.8 Å². The highest BCUT2D eigenvalue weighted by molar-refractivity contribution is 14.0. The lowest BCUT2D eigenvalue weighted by molar-refractivity contribution is 0.361. The molecule has 0 heterocycles. The SMILES string of the molecule is CCNC(=NCC(C)(C)CCS(C)(=O)=O)N(C)Cc1ccc(OC)c(F)c1.I. The van der Waals surface area contributed by atoms with Crippen LogP contribution in [-0.4, -0.2) is 58.5 Å². The van der Waals surface area contributed by atoms with Crippen molar-refractivity contribution in [2.75, 3.05) is 39.3 Å². The smallest absolute Gasteiger partial charge is 0.193 e. The first-order valence-electron chi connectivity index (χ1n) is 8.97. The number of methoxy groups -OCH3 is 1. The minimum Gasteiger partial charge on any atom is -0.494 e. The zero-order valence-corrected chi connectivity index (χ0v) is 20.7. The second kappa shape index (κ2) is 11.8. The van der Waals surface area contributed by atoms with E-state index in [9.17, 15) is 12.8 Å². The number of hydrogen-bond donors (Lipinski definition) is 1. The molecule has 0 fully saturated rings. The zero-order valence-electron chi connectivity index (χ0n) is 17.6. The molecular weight excluding hydrogens is 496 g/mol. The van der Waals surface area contributed by atoms with Crippen LogP contribution in [0.25, 0.3) is 0 Å². The summed E-state index contributed by atoms with van der Waals surface area (Å²) in [4.78, 5) is 6.57. The monoisotopic (exact) mass is 529 g/mol. The van der Waals surface area contributed by atoms with Crippen molar-refractivity contribution in [3.63, 3.8) is 0 Å². The quantitative estimate of drug-likeness (QED) is 0.302. The van der Waals surface area contributed by atoms with Gasteiger partial charge in [0.05, 0.1) is 12.9 Å². The largest absolute Gasteiger partial charge is 0.494 e. The van der Waals surface area contributed by atoms with Crippen LogP contribution in [0.2, 0.25) is 0 Å². The molecule has 0 atom stereocenters. The Kier molecular flexibility index (Phi) is 11.3. The summed E-state index contributed by atoms with van der Waals surface area (Å²) in [6, 6.07) is 4.88. The Morgan fingerprint density at radius 3 is 2.50 bits per heavy atom. The molecule has 0 bridgehead atoms. The highest BCUT2D eigenvalue weighted by Crippen LogP contribution is 2.22. The van der Waals surface area contributed by atoms with Crippen LogP contribution >= 0.6 is 24.0 Å². The van der Waals surface area contributed by atoms with E-state index in [-0.39, 0.29) is 40.9 Å². The molecule has 0 aliphatic rings. The molecule has 0 saturated heterocycles. The molecule has 28 heavy (non-hydrogen) atoms. The number of nitrogens with zero attached hydrogens (tertiary/aromatic N) is 2. The third-order valence-electron chi connectivity index (χ3n) is 4.14. The van der Waals surface area contributed by atoms with E-state index in [0.29, 0.717) is 32.0 Å². The Morgan fingerprint density at radius 2 is 2.00 bits per heavy atom. The molecule has 6 nitrogen and oxygen atoms in total. The molecule has 162 valence electrons. The molecule has 0 aliphatic carbocycles. The Morgan fingerprint density at radius 1 is 1.36 bits per heavy atom. The number of sulfone groups is 1. The van der Waals surface area contributed by atoms with Gasteiger partial charge in [-0.25, -0.2) is 12.8 Å². The van der Waals surface area contributed by atoms with Gasteiger partial charge in [0.25, 0.3) is 0 Å². The van der Waals surface area contributed by atoms with E-state index in [4.69, 9.17) is 4.74 Å². The summed E-state index contributed by atoms with van der Waals surface area (Å²) in [5.41, 5.74) is 0.564. The number of rotatable bonds is 9. The molecule has 0 amide bonds. The van der Waals surface area contributed by atoms with Gasteiger partial charge in [-0.3, -0.25) is 4.99 Å². The van der Waals surface area contributed by atoms with Crippen molar-refractivity contribution in [2.24, 2.45) is 10.4 Å². The van der Waals surface area contributed by atoms with E-state index in [1.165, 1.54) is 19.4 Å². The van der Waals surface area contributed by atoms with E-state index in [0.717, 1.165) is 5.56 Å². The predicted molar refractivity (Wildman–Crippen MR) is 124 cm³/mol. The molecule has 0 radical (unpaired) electrons. The molecule has 1 N–H and O–H groups in total. The summed E-state index contributed by atoms with van der Waals surface area (Å²) in [7, 11) is 0.325. The van der Waals surface area contributed by atoms with Gasteiger partial charge < -0.3 is 15.0 Å². The Balaban J connectivity index is 0.00000729. The van der Waals surface area contributed by atoms with E-state index in [2.05, 4.69) is 10.3 Å². The maximum atomic E-state index is 13.9. The fraction of sp³-hybridized carbons (Fsp3) is 0.632. The number of ether oxygens (including phenoxy) is 1. The summed E-state index contributed by atoms with van der Waals surface area (Å²) in [5, 5.41) is 3.22. The normalized spacial score (nSPS) is 12.3.